The Labute approximate surface area is 444 Å². The van der Waals surface area contributed by atoms with Gasteiger partial charge in [0.05, 0.1) is 13.2 Å². The van der Waals surface area contributed by atoms with E-state index in [2.05, 4.69) is 47.1 Å². The molecule has 1 aliphatic heterocycles. The second-order valence-corrected chi connectivity index (χ2v) is 21.6. The number of aryl methyl sites for hydroxylation is 1. The number of nitrogens with one attached hydrogen (secondary N) is 3. The third kappa shape index (κ3) is 18.3. The van der Waals surface area contributed by atoms with Crippen LogP contribution in [0.15, 0.2) is 84.9 Å². The SMILES string of the molecule is CCCCc1ccc(-c2ccc(C(=O)C[C@@H](CCCNC(=O)OC(C)(C)C)C(=O)N(C)[C@@H]3C(=O)C[C@@H](C)C(=O)N[C@H](CN)Cc4ccc(OCCNC(=O)OC(C)(C)C)c(c4)-c4cc3ccc4OCCC)cc2)cc1. The van der Waals surface area contributed by atoms with Gasteiger partial charge in [0.15, 0.2) is 11.6 Å². The van der Waals surface area contributed by atoms with Gasteiger partial charge in [-0.3, -0.25) is 19.2 Å². The number of nitrogens with two attached hydrogens (primary N) is 1. The lowest BCUT2D eigenvalue weighted by Crippen LogP contribution is -2.45. The van der Waals surface area contributed by atoms with Crippen LogP contribution in [0.25, 0.3) is 22.3 Å². The molecule has 4 aromatic carbocycles. The third-order valence-electron chi connectivity index (χ3n) is 12.7. The summed E-state index contributed by atoms with van der Waals surface area (Å²) in [5.41, 5.74) is 11.0. The van der Waals surface area contributed by atoms with E-state index < -0.39 is 59.0 Å². The molecule has 0 aromatic heterocycles. The van der Waals surface area contributed by atoms with Gasteiger partial charge in [-0.25, -0.2) is 9.59 Å². The first-order chi connectivity index (χ1) is 35.6. The zero-order chi connectivity index (χ0) is 54.9. The lowest BCUT2D eigenvalue weighted by molar-refractivity contribution is -0.142. The van der Waals surface area contributed by atoms with Gasteiger partial charge in [-0.2, -0.15) is 0 Å². The fourth-order valence-electron chi connectivity index (χ4n) is 8.90. The second kappa shape index (κ2) is 27.7. The number of carbonyl (C=O) groups excluding carboxylic acids is 6. The number of likely N-dealkylation sites (N-methyl/N-ethyl adjacent to an activating group) is 1. The number of carbonyl (C=O) groups is 6. The molecule has 0 aliphatic carbocycles. The van der Waals surface area contributed by atoms with Crippen LogP contribution in [0.4, 0.5) is 9.59 Å². The highest BCUT2D eigenvalue weighted by Gasteiger charge is 2.36. The first kappa shape index (κ1) is 59.1. The number of ether oxygens (including phenoxy) is 4. The van der Waals surface area contributed by atoms with E-state index in [0.717, 1.165) is 36.0 Å². The Hall–Kier alpha value is -6.74. The Kier molecular flexibility index (Phi) is 21.8. The van der Waals surface area contributed by atoms with Crippen LogP contribution in [-0.2, 0) is 36.7 Å². The van der Waals surface area contributed by atoms with Crippen molar-refractivity contribution < 1.29 is 47.7 Å². The standard InChI is InChI=1S/C60H81N5O10/c1-11-13-15-40-17-20-42(21-18-40)43-22-24-44(25-23-43)50(66)37-46(16-14-29-62-57(70)74-59(4,5)6)56(69)65(10)54-45-26-28-53(72-31-12-2)49(36-45)48-35-41(34-47(38-61)64-55(68)39(3)33-51(54)67)19-27-52(48)73-32-30-63-58(71)75-60(7,8)9/h17-28,35-36,39,46-47,54H,11-16,29-34,37-38,61H2,1-10H3,(H,62,70)(H,63,71)(H,64,68)/t39-,46-,47+,54+/m1/s1. The van der Waals surface area contributed by atoms with Gasteiger partial charge in [0.1, 0.15) is 35.3 Å². The fraction of sp³-hybridized carbons (Fsp3) is 0.500. The van der Waals surface area contributed by atoms with Crippen LogP contribution in [0.1, 0.15) is 140 Å². The van der Waals surface area contributed by atoms with Crippen molar-refractivity contribution in [3.05, 3.63) is 107 Å². The number of hydrogen-bond acceptors (Lipinski definition) is 11. The summed E-state index contributed by atoms with van der Waals surface area (Å²) in [5, 5.41) is 8.53. The van der Waals surface area contributed by atoms with Crippen LogP contribution in [-0.4, -0.2) is 97.6 Å². The Bertz CT molecular complexity index is 2570. The van der Waals surface area contributed by atoms with Crippen LogP contribution in [0, 0.1) is 11.8 Å². The van der Waals surface area contributed by atoms with Crippen molar-refractivity contribution in [2.75, 3.05) is 39.9 Å². The summed E-state index contributed by atoms with van der Waals surface area (Å²) in [4.78, 5) is 84.8. The number of rotatable bonds is 21. The van der Waals surface area contributed by atoms with Gasteiger partial charge in [0.25, 0.3) is 0 Å². The number of unbranched alkanes of at least 4 members (excludes halogenated alkanes) is 1. The van der Waals surface area contributed by atoms with E-state index in [-0.39, 0.29) is 57.2 Å². The highest BCUT2D eigenvalue weighted by Crippen LogP contribution is 2.41. The van der Waals surface area contributed by atoms with E-state index in [1.54, 1.807) is 79.8 Å². The summed E-state index contributed by atoms with van der Waals surface area (Å²) in [6.45, 7) is 17.4. The van der Waals surface area contributed by atoms with Gasteiger partial charge in [-0.05, 0) is 132 Å². The Morgan fingerprint density at radius 1 is 0.733 bits per heavy atom. The minimum atomic E-state index is -1.21. The largest absolute Gasteiger partial charge is 0.493 e. The van der Waals surface area contributed by atoms with E-state index in [4.69, 9.17) is 24.7 Å². The summed E-state index contributed by atoms with van der Waals surface area (Å²) >= 11 is 0. The summed E-state index contributed by atoms with van der Waals surface area (Å²) in [6, 6.07) is 25.1. The van der Waals surface area contributed by atoms with Crippen molar-refractivity contribution in [1.82, 2.24) is 20.9 Å². The summed E-state index contributed by atoms with van der Waals surface area (Å²) in [6.07, 6.45) is 3.29. The number of benzene rings is 4. The van der Waals surface area contributed by atoms with Gasteiger partial charge >= 0.3 is 12.2 Å². The van der Waals surface area contributed by atoms with E-state index in [0.29, 0.717) is 59.6 Å². The average molecular weight is 1030 g/mol. The van der Waals surface area contributed by atoms with Gasteiger partial charge in [0.2, 0.25) is 11.8 Å². The molecule has 4 aromatic rings. The number of Topliss-reactive ketones (excluding diaryl/α,β-unsaturated/α-hetero) is 2. The van der Waals surface area contributed by atoms with E-state index in [1.165, 1.54) is 10.5 Å². The third-order valence-corrected chi connectivity index (χ3v) is 12.7. The Morgan fingerprint density at radius 2 is 1.32 bits per heavy atom. The molecule has 406 valence electrons. The fourth-order valence-corrected chi connectivity index (χ4v) is 8.90. The van der Waals surface area contributed by atoms with E-state index >= 15 is 4.79 Å². The maximum atomic E-state index is 15.2. The molecule has 15 heteroatoms. The number of hydrogen-bond donors (Lipinski definition) is 4. The highest BCUT2D eigenvalue weighted by atomic mass is 16.6. The number of nitrogens with zero attached hydrogens (tertiary/aromatic N) is 1. The number of alkyl carbamates (subject to hydrolysis) is 2. The molecule has 5 rings (SSSR count). The second-order valence-electron chi connectivity index (χ2n) is 21.6. The molecule has 0 unspecified atom stereocenters. The molecule has 1 aliphatic rings. The molecule has 75 heavy (non-hydrogen) atoms. The van der Waals surface area contributed by atoms with Crippen molar-refractivity contribution in [2.45, 2.75) is 143 Å². The highest BCUT2D eigenvalue weighted by molar-refractivity contribution is 6.00. The Morgan fingerprint density at radius 3 is 1.92 bits per heavy atom. The van der Waals surface area contributed by atoms with E-state index in [1.807, 2.05) is 43.3 Å². The lowest BCUT2D eigenvalue weighted by atomic mass is 9.88. The topological polar surface area (TPSA) is 205 Å². The van der Waals surface area contributed by atoms with Gasteiger partial charge in [-0.1, -0.05) is 87.9 Å². The molecule has 0 radical (unpaired) electrons. The molecule has 15 nitrogen and oxygen atoms in total. The molecule has 4 amide bonds. The number of ketones is 2. The van der Waals surface area contributed by atoms with Gasteiger partial charge in [0, 0.05) is 67.5 Å². The molecule has 0 saturated heterocycles. The molecular weight excluding hydrogens is 951 g/mol. The smallest absolute Gasteiger partial charge is 0.407 e. The first-order valence-corrected chi connectivity index (χ1v) is 26.6. The van der Waals surface area contributed by atoms with Crippen molar-refractivity contribution >= 4 is 35.6 Å². The molecular formula is C60H81N5O10. The quantitative estimate of drug-likeness (QED) is 0.0456. The van der Waals surface area contributed by atoms with E-state index in [9.17, 15) is 24.0 Å². The predicted octanol–water partition coefficient (Wildman–Crippen LogP) is 10.3. The number of amides is 4. The van der Waals surface area contributed by atoms with Crippen molar-refractivity contribution in [1.29, 1.82) is 0 Å². The molecule has 5 N–H and O–H groups in total. The maximum absolute atomic E-state index is 15.2. The van der Waals surface area contributed by atoms with Crippen LogP contribution >= 0.6 is 0 Å². The van der Waals surface area contributed by atoms with Crippen LogP contribution in [0.5, 0.6) is 11.5 Å². The molecule has 4 bridgehead atoms. The molecule has 0 fully saturated rings. The zero-order valence-corrected chi connectivity index (χ0v) is 45.9. The average Bonchev–Trinajstić information content (AvgIpc) is 3.36. The molecule has 4 atom stereocenters. The van der Waals surface area contributed by atoms with Crippen molar-refractivity contribution in [3.8, 4) is 33.8 Å². The van der Waals surface area contributed by atoms with Crippen LogP contribution in [0.2, 0.25) is 0 Å². The predicted molar refractivity (Wildman–Crippen MR) is 293 cm³/mol. The molecule has 0 saturated carbocycles. The molecule has 0 spiro atoms. The minimum absolute atomic E-state index is 0.0820. The maximum Gasteiger partial charge on any atom is 0.407 e. The Balaban J connectivity index is 1.54. The van der Waals surface area contributed by atoms with Crippen LogP contribution < -0.4 is 31.2 Å². The number of fused-ring (bicyclic) bond motifs is 5. The monoisotopic (exact) mass is 1030 g/mol. The molecule has 1 heterocycles. The summed E-state index contributed by atoms with van der Waals surface area (Å²) in [7, 11) is 1.55. The first-order valence-electron chi connectivity index (χ1n) is 26.6. The lowest BCUT2D eigenvalue weighted by Gasteiger charge is -2.32. The zero-order valence-electron chi connectivity index (χ0n) is 45.9. The normalized spacial score (nSPS) is 16.4. The van der Waals surface area contributed by atoms with Crippen molar-refractivity contribution in [3.63, 3.8) is 0 Å². The van der Waals surface area contributed by atoms with Crippen molar-refractivity contribution in [2.24, 2.45) is 17.6 Å². The summed E-state index contributed by atoms with van der Waals surface area (Å²) in [5.74, 6) is -2.21. The minimum Gasteiger partial charge on any atom is -0.493 e. The van der Waals surface area contributed by atoms with Gasteiger partial charge in [-0.15, -0.1) is 0 Å². The van der Waals surface area contributed by atoms with Gasteiger partial charge < -0.3 is 45.5 Å². The van der Waals surface area contributed by atoms with Crippen LogP contribution in [0.3, 0.4) is 0 Å². The summed E-state index contributed by atoms with van der Waals surface area (Å²) < 4.78 is 23.6.